The fraction of sp³-hybridized carbons (Fsp3) is 0.128. The van der Waals surface area contributed by atoms with Gasteiger partial charge in [0.25, 0.3) is 0 Å². The summed E-state index contributed by atoms with van der Waals surface area (Å²) in [6, 6.07) is 52.0. The standard InChI is InChI=1S/C39H35Si.3ClH.Ti/c1-29-28-39(4,31(3)30(29)2)40(36-21-13-7-14-22-36,37-23-15-8-16-24-37)38-26-34(32-17-9-5-10-18-32)25-35(27-38)33-19-11-6-12-20-33;;;;/h5-27H,1-4H3;3*1H;/q;;;;+3/p-3. The van der Waals surface area contributed by atoms with E-state index in [9.17, 15) is 0 Å². The van der Waals surface area contributed by atoms with E-state index in [1.807, 2.05) is 0 Å². The first-order valence-corrected chi connectivity index (χ1v) is 17.2. The van der Waals surface area contributed by atoms with Crippen molar-refractivity contribution in [2.45, 2.75) is 32.7 Å². The second kappa shape index (κ2) is 14.7. The Morgan fingerprint density at radius 2 is 0.818 bits per heavy atom. The van der Waals surface area contributed by atoms with Crippen LogP contribution >= 0.6 is 0 Å². The summed E-state index contributed by atoms with van der Waals surface area (Å²) in [4.78, 5) is 0. The van der Waals surface area contributed by atoms with Crippen molar-refractivity contribution in [2.24, 2.45) is 0 Å². The maximum atomic E-state index is 2.54. The molecule has 5 aromatic rings. The summed E-state index contributed by atoms with van der Waals surface area (Å²) in [5, 5.41) is 4.18. The van der Waals surface area contributed by atoms with Gasteiger partial charge in [0.1, 0.15) is 0 Å². The minimum atomic E-state index is -2.77. The van der Waals surface area contributed by atoms with Gasteiger partial charge in [0.15, 0.2) is 0 Å². The molecule has 0 spiro atoms. The molecule has 0 nitrogen and oxygen atoms in total. The molecule has 0 fully saturated rings. The summed E-state index contributed by atoms with van der Waals surface area (Å²) in [6.45, 7) is 9.58. The van der Waals surface area contributed by atoms with E-state index >= 15 is 0 Å². The van der Waals surface area contributed by atoms with Crippen molar-refractivity contribution in [2.75, 3.05) is 0 Å². The van der Waals surface area contributed by atoms with Gasteiger partial charge in [-0.05, 0) is 0 Å². The monoisotopic (exact) mass is 684 g/mol. The Morgan fingerprint density at radius 3 is 1.16 bits per heavy atom. The maximum Gasteiger partial charge on any atom is -1.00 e. The van der Waals surface area contributed by atoms with Crippen molar-refractivity contribution >= 4 is 23.6 Å². The molecule has 0 bridgehead atoms. The van der Waals surface area contributed by atoms with Crippen molar-refractivity contribution in [1.82, 2.24) is 0 Å². The van der Waals surface area contributed by atoms with Crippen LogP contribution in [0, 0.1) is 0 Å². The fourth-order valence-corrected chi connectivity index (χ4v) is 14.7. The molecule has 0 saturated carbocycles. The molecule has 1 aliphatic carbocycles. The molecule has 0 N–H and O–H groups in total. The molecule has 0 saturated heterocycles. The normalized spacial score (nSPS) is 16.1. The van der Waals surface area contributed by atoms with Crippen LogP contribution in [0.5, 0.6) is 0 Å². The molecule has 220 valence electrons. The third-order valence-electron chi connectivity index (χ3n) is 9.49. The van der Waals surface area contributed by atoms with E-state index in [0.717, 1.165) is 0 Å². The second-order valence-corrected chi connectivity index (χ2v) is 16.4. The fourth-order valence-electron chi connectivity index (χ4n) is 7.06. The molecule has 0 heterocycles. The molecule has 0 radical (unpaired) electrons. The zero-order valence-corrected chi connectivity index (χ0v) is 30.2. The number of allylic oxidation sites excluding steroid dienone is 4. The van der Waals surface area contributed by atoms with Gasteiger partial charge in [-0.3, -0.25) is 0 Å². The molecule has 1 atom stereocenters. The first-order chi connectivity index (χ1) is 19.9. The topological polar surface area (TPSA) is 0 Å². The molecule has 5 aromatic carbocycles. The van der Waals surface area contributed by atoms with Gasteiger partial charge in [0.05, 0.1) is 0 Å². The third kappa shape index (κ3) is 5.76. The minimum Gasteiger partial charge on any atom is -1.00 e. The molecule has 44 heavy (non-hydrogen) atoms. The minimum absolute atomic E-state index is 0. The third-order valence-corrected chi connectivity index (χ3v) is 16.9. The van der Waals surface area contributed by atoms with Crippen molar-refractivity contribution in [3.05, 3.63) is 160 Å². The van der Waals surface area contributed by atoms with Crippen molar-refractivity contribution in [1.29, 1.82) is 0 Å². The number of hydrogen-bond donors (Lipinski definition) is 0. The van der Waals surface area contributed by atoms with Crippen LogP contribution in [-0.2, 0) is 20.4 Å². The van der Waals surface area contributed by atoms with Crippen LogP contribution in [0.2, 0.25) is 5.04 Å². The van der Waals surface area contributed by atoms with Gasteiger partial charge >= 0.3 is 259 Å². The Bertz CT molecular complexity index is 1650. The van der Waals surface area contributed by atoms with E-state index in [0.29, 0.717) is 0 Å². The predicted molar refractivity (Wildman–Crippen MR) is 174 cm³/mol. The number of halogens is 3. The Morgan fingerprint density at radius 1 is 0.455 bits per heavy atom. The van der Waals surface area contributed by atoms with Gasteiger partial charge < -0.3 is 37.2 Å². The van der Waals surface area contributed by atoms with Crippen LogP contribution in [0.15, 0.2) is 160 Å². The largest absolute Gasteiger partial charge is 1.00 e. The maximum absolute atomic E-state index is 2.77. The molecule has 0 amide bonds. The molecule has 0 aromatic heterocycles. The van der Waals surface area contributed by atoms with Gasteiger partial charge in [0.2, 0.25) is 0 Å². The SMILES string of the molecule is CC1=C(C)C(C)([Si](c2ccccc2)(c2ccccc2)c2cc(-c3ccccc3)cc(-c3ccccc3)c2)[C]([Ti+3])=C1C.[Cl-].[Cl-].[Cl-]. The number of rotatable bonds is 6. The Labute approximate surface area is 294 Å². The van der Waals surface area contributed by atoms with E-state index in [-0.39, 0.29) is 42.3 Å². The van der Waals surface area contributed by atoms with E-state index in [4.69, 9.17) is 0 Å². The smallest absolute Gasteiger partial charge is 1.00 e. The zero-order chi connectivity index (χ0) is 28.6. The average molecular weight is 686 g/mol. The summed E-state index contributed by atoms with van der Waals surface area (Å²) < 4.78 is 1.50. The first kappa shape index (κ1) is 35.9. The molecule has 1 aliphatic rings. The summed E-state index contributed by atoms with van der Waals surface area (Å²) in [5.41, 5.74) is 9.41. The van der Waals surface area contributed by atoms with Crippen LogP contribution in [0.1, 0.15) is 27.7 Å². The van der Waals surface area contributed by atoms with Gasteiger partial charge in [-0.25, -0.2) is 0 Å². The van der Waals surface area contributed by atoms with E-state index in [2.05, 4.69) is 188 Å². The molecular weight excluding hydrogens is 651 g/mol. The van der Waals surface area contributed by atoms with Crippen molar-refractivity contribution in [3.8, 4) is 22.3 Å². The number of benzene rings is 5. The summed E-state index contributed by atoms with van der Waals surface area (Å²) in [6.07, 6.45) is 0. The quantitative estimate of drug-likeness (QED) is 0.166. The zero-order valence-electron chi connectivity index (χ0n) is 25.4. The summed E-state index contributed by atoms with van der Waals surface area (Å²) in [5.74, 6) is 0. The van der Waals surface area contributed by atoms with E-state index < -0.39 is 8.07 Å². The molecule has 6 rings (SSSR count). The Balaban J connectivity index is 0.00000176. The predicted octanol–water partition coefficient (Wildman–Crippen LogP) is -0.566. The van der Waals surface area contributed by atoms with Crippen LogP contribution < -0.4 is 52.8 Å². The van der Waals surface area contributed by atoms with Crippen LogP contribution in [0.4, 0.5) is 0 Å². The molecule has 0 aliphatic heterocycles. The van der Waals surface area contributed by atoms with Crippen LogP contribution in [0.25, 0.3) is 22.3 Å². The number of hydrogen-bond acceptors (Lipinski definition) is 0. The van der Waals surface area contributed by atoms with E-state index in [1.54, 1.807) is 0 Å². The van der Waals surface area contributed by atoms with Crippen LogP contribution in [0.3, 0.4) is 0 Å². The van der Waals surface area contributed by atoms with Gasteiger partial charge in [0, 0.05) is 0 Å². The van der Waals surface area contributed by atoms with Crippen LogP contribution in [-0.4, -0.2) is 8.07 Å². The molecule has 1 unspecified atom stereocenters. The Hall–Kier alpha value is -2.62. The summed E-state index contributed by atoms with van der Waals surface area (Å²) in [7, 11) is -2.77. The van der Waals surface area contributed by atoms with Crippen molar-refractivity contribution < 1.29 is 57.7 Å². The average Bonchev–Trinajstić information content (AvgIpc) is 3.19. The molecule has 5 heteroatoms. The summed E-state index contributed by atoms with van der Waals surface area (Å²) >= 11 is 2.39. The van der Waals surface area contributed by atoms with E-state index in [1.165, 1.54) is 58.4 Å². The first-order valence-electron chi connectivity index (χ1n) is 14.4. The van der Waals surface area contributed by atoms with Gasteiger partial charge in [-0.2, -0.15) is 0 Å². The van der Waals surface area contributed by atoms with Crippen molar-refractivity contribution in [3.63, 3.8) is 0 Å². The molecular formula is C39H35Cl3SiTi. The van der Waals surface area contributed by atoms with Gasteiger partial charge in [-0.15, -0.1) is 0 Å². The van der Waals surface area contributed by atoms with Gasteiger partial charge in [-0.1, -0.05) is 0 Å². The Kier molecular flexibility index (Phi) is 11.9. The second-order valence-electron chi connectivity index (χ2n) is 11.4.